The molecule has 0 aromatic carbocycles. The van der Waals surface area contributed by atoms with E-state index in [-0.39, 0.29) is 0 Å². The van der Waals surface area contributed by atoms with Gasteiger partial charge in [-0.25, -0.2) is 0 Å². The molecular weight excluding hydrogens is 340 g/mol. The largest absolute Gasteiger partial charge is 0.396 e. The topological polar surface area (TPSA) is 20.2 Å². The van der Waals surface area contributed by atoms with E-state index in [1.807, 2.05) is 0 Å². The van der Waals surface area contributed by atoms with Gasteiger partial charge in [-0.3, -0.25) is 0 Å². The van der Waals surface area contributed by atoms with Crippen molar-refractivity contribution in [3.05, 3.63) is 0 Å². The second kappa shape index (κ2) is 21.7. The number of aliphatic hydroxyl groups is 1. The van der Waals surface area contributed by atoms with Crippen molar-refractivity contribution in [1.82, 2.24) is 0 Å². The van der Waals surface area contributed by atoms with E-state index in [2.05, 4.69) is 20.8 Å². The van der Waals surface area contributed by atoms with Gasteiger partial charge in [0.15, 0.2) is 0 Å². The Kier molecular flexibility index (Phi) is 21.6. The third kappa shape index (κ3) is 16.9. The summed E-state index contributed by atoms with van der Waals surface area (Å²) < 4.78 is 0. The Balaban J connectivity index is 4.39. The van der Waals surface area contributed by atoms with Crippen molar-refractivity contribution in [2.45, 2.75) is 162 Å². The highest BCUT2D eigenvalue weighted by atomic mass is 16.3. The Morgan fingerprint density at radius 1 is 0.393 bits per heavy atom. The highest BCUT2D eigenvalue weighted by Crippen LogP contribution is 2.40. The summed E-state index contributed by atoms with van der Waals surface area (Å²) in [5, 5.41) is 9.82. The van der Waals surface area contributed by atoms with Crippen LogP contribution in [-0.4, -0.2) is 11.7 Å². The molecule has 0 aliphatic carbocycles. The number of hydrogen-bond donors (Lipinski definition) is 1. The lowest BCUT2D eigenvalue weighted by atomic mass is 9.72. The summed E-state index contributed by atoms with van der Waals surface area (Å²) in [6.45, 7) is 7.29. The van der Waals surface area contributed by atoms with Gasteiger partial charge < -0.3 is 5.11 Å². The molecule has 0 fully saturated rings. The van der Waals surface area contributed by atoms with Crippen LogP contribution >= 0.6 is 0 Å². The molecule has 0 bridgehead atoms. The number of aliphatic hydroxyl groups excluding tert-OH is 1. The minimum Gasteiger partial charge on any atom is -0.396 e. The standard InChI is InChI=1S/C27H56O/c1-4-7-10-13-16-19-22-27(25-26-28,23-20-17-14-11-8-5-2)24-21-18-15-12-9-6-3/h28H,4-26H2,1-3H3. The maximum atomic E-state index is 9.82. The van der Waals surface area contributed by atoms with Gasteiger partial charge in [0, 0.05) is 6.61 Å². The fourth-order valence-electron chi connectivity index (χ4n) is 4.83. The van der Waals surface area contributed by atoms with Gasteiger partial charge >= 0.3 is 0 Å². The Labute approximate surface area is 179 Å². The lowest BCUT2D eigenvalue weighted by Crippen LogP contribution is -2.23. The minimum absolute atomic E-state index is 0.390. The molecule has 0 rings (SSSR count). The lowest BCUT2D eigenvalue weighted by molar-refractivity contribution is 0.133. The van der Waals surface area contributed by atoms with E-state index < -0.39 is 0 Å². The molecular formula is C27H56O. The number of unbranched alkanes of at least 4 members (excludes halogenated alkanes) is 15. The second-order valence-corrected chi connectivity index (χ2v) is 9.53. The zero-order valence-electron chi connectivity index (χ0n) is 20.2. The van der Waals surface area contributed by atoms with Crippen LogP contribution in [0.3, 0.4) is 0 Å². The predicted octanol–water partition coefficient (Wildman–Crippen LogP) is 9.61. The van der Waals surface area contributed by atoms with Crippen molar-refractivity contribution in [3.8, 4) is 0 Å². The van der Waals surface area contributed by atoms with Crippen LogP contribution in [0.5, 0.6) is 0 Å². The lowest BCUT2D eigenvalue weighted by Gasteiger charge is -2.34. The van der Waals surface area contributed by atoms with Crippen molar-refractivity contribution in [3.63, 3.8) is 0 Å². The van der Waals surface area contributed by atoms with Gasteiger partial charge in [0.2, 0.25) is 0 Å². The fraction of sp³-hybridized carbons (Fsp3) is 1.00. The molecule has 0 saturated heterocycles. The van der Waals surface area contributed by atoms with Crippen LogP contribution in [0, 0.1) is 5.41 Å². The zero-order chi connectivity index (χ0) is 20.8. The molecule has 1 N–H and O–H groups in total. The van der Waals surface area contributed by atoms with E-state index in [4.69, 9.17) is 0 Å². The molecule has 0 aromatic heterocycles. The van der Waals surface area contributed by atoms with E-state index in [0.717, 1.165) is 6.42 Å². The second-order valence-electron chi connectivity index (χ2n) is 9.53. The van der Waals surface area contributed by atoms with Crippen LogP contribution in [-0.2, 0) is 0 Å². The summed E-state index contributed by atoms with van der Waals surface area (Å²) >= 11 is 0. The summed E-state index contributed by atoms with van der Waals surface area (Å²) in [7, 11) is 0. The summed E-state index contributed by atoms with van der Waals surface area (Å²) in [6, 6.07) is 0. The SMILES string of the molecule is CCCCCCCCC(CCO)(CCCCCCCC)CCCCCCCC. The molecule has 170 valence electrons. The number of rotatable bonds is 23. The first-order valence-electron chi connectivity index (χ1n) is 13.4. The molecule has 1 nitrogen and oxygen atoms in total. The van der Waals surface area contributed by atoms with Crippen LogP contribution in [0.2, 0.25) is 0 Å². The quantitative estimate of drug-likeness (QED) is 0.170. The molecule has 1 heteroatoms. The number of hydrogen-bond acceptors (Lipinski definition) is 1. The molecule has 0 spiro atoms. The van der Waals surface area contributed by atoms with E-state index in [1.54, 1.807) is 0 Å². The van der Waals surface area contributed by atoms with Crippen molar-refractivity contribution in [2.24, 2.45) is 5.41 Å². The maximum absolute atomic E-state index is 9.82. The smallest absolute Gasteiger partial charge is 0.0436 e. The Hall–Kier alpha value is -0.0400. The first-order valence-corrected chi connectivity index (χ1v) is 13.4. The third-order valence-corrected chi connectivity index (χ3v) is 6.82. The third-order valence-electron chi connectivity index (χ3n) is 6.82. The van der Waals surface area contributed by atoms with E-state index >= 15 is 0 Å². The summed E-state index contributed by atoms with van der Waals surface area (Å²) in [4.78, 5) is 0. The Morgan fingerprint density at radius 2 is 0.679 bits per heavy atom. The van der Waals surface area contributed by atoms with Gasteiger partial charge in [0.05, 0.1) is 0 Å². The Morgan fingerprint density at radius 3 is 0.964 bits per heavy atom. The van der Waals surface area contributed by atoms with Crippen molar-refractivity contribution >= 4 is 0 Å². The van der Waals surface area contributed by atoms with E-state index in [1.165, 1.54) is 135 Å². The maximum Gasteiger partial charge on any atom is 0.0436 e. The first-order chi connectivity index (χ1) is 13.7. The van der Waals surface area contributed by atoms with Crippen molar-refractivity contribution in [2.75, 3.05) is 6.61 Å². The van der Waals surface area contributed by atoms with Crippen molar-refractivity contribution in [1.29, 1.82) is 0 Å². The molecule has 0 aromatic rings. The summed E-state index contributed by atoms with van der Waals surface area (Å²) in [5.41, 5.74) is 0.440. The molecule has 0 unspecified atom stereocenters. The van der Waals surface area contributed by atoms with Crippen molar-refractivity contribution < 1.29 is 5.11 Å². The van der Waals surface area contributed by atoms with Gasteiger partial charge in [-0.05, 0) is 31.1 Å². The average Bonchev–Trinajstić information content (AvgIpc) is 2.70. The van der Waals surface area contributed by atoms with Crippen LogP contribution in [0.1, 0.15) is 162 Å². The minimum atomic E-state index is 0.390. The van der Waals surface area contributed by atoms with Crippen LogP contribution in [0.4, 0.5) is 0 Å². The highest BCUT2D eigenvalue weighted by Gasteiger charge is 2.28. The van der Waals surface area contributed by atoms with Gasteiger partial charge in [-0.2, -0.15) is 0 Å². The Bertz CT molecular complexity index is 245. The zero-order valence-corrected chi connectivity index (χ0v) is 20.2. The van der Waals surface area contributed by atoms with Crippen LogP contribution < -0.4 is 0 Å². The monoisotopic (exact) mass is 396 g/mol. The van der Waals surface area contributed by atoms with Gasteiger partial charge in [-0.1, -0.05) is 136 Å². The normalized spacial score (nSPS) is 12.0. The van der Waals surface area contributed by atoms with Crippen LogP contribution in [0.15, 0.2) is 0 Å². The van der Waals surface area contributed by atoms with Gasteiger partial charge in [0.1, 0.15) is 0 Å². The highest BCUT2D eigenvalue weighted by molar-refractivity contribution is 4.80. The summed E-state index contributed by atoms with van der Waals surface area (Å²) in [5.74, 6) is 0. The summed E-state index contributed by atoms with van der Waals surface area (Å²) in [6.07, 6.45) is 30.2. The molecule has 0 aliphatic rings. The van der Waals surface area contributed by atoms with E-state index in [0.29, 0.717) is 12.0 Å². The molecule has 0 amide bonds. The van der Waals surface area contributed by atoms with Gasteiger partial charge in [-0.15, -0.1) is 0 Å². The van der Waals surface area contributed by atoms with E-state index in [9.17, 15) is 5.11 Å². The first kappa shape index (κ1) is 28.0. The molecule has 0 atom stereocenters. The molecule has 28 heavy (non-hydrogen) atoms. The molecule has 0 saturated carbocycles. The fourth-order valence-corrected chi connectivity index (χ4v) is 4.83. The molecule has 0 heterocycles. The van der Waals surface area contributed by atoms with Crippen LogP contribution in [0.25, 0.3) is 0 Å². The van der Waals surface area contributed by atoms with Gasteiger partial charge in [0.25, 0.3) is 0 Å². The average molecular weight is 397 g/mol. The molecule has 0 aliphatic heterocycles. The predicted molar refractivity (Wildman–Crippen MR) is 128 cm³/mol. The molecule has 0 radical (unpaired) electrons.